The van der Waals surface area contributed by atoms with Crippen molar-refractivity contribution in [3.05, 3.63) is 82.6 Å². The standard InChI is InChI=1S/C26H27N3O3S/c1-17(15-32-3)29-25(31)22-12-6-7-14-23(22)28-26(29)33-16-24(30)27-18(2)20-13-8-10-19-9-4-5-11-21(19)20/h4-14,17-18H,15-16H2,1-3H3,(H,27,30). The SMILES string of the molecule is COCC(C)n1c(SCC(=O)NC(C)c2cccc3ccccc23)nc2ccccc2c1=O. The molecule has 0 aliphatic heterocycles. The summed E-state index contributed by atoms with van der Waals surface area (Å²) in [7, 11) is 1.60. The molecule has 2 atom stereocenters. The highest BCUT2D eigenvalue weighted by Crippen LogP contribution is 2.25. The summed E-state index contributed by atoms with van der Waals surface area (Å²) in [6, 6.07) is 21.1. The van der Waals surface area contributed by atoms with Crippen molar-refractivity contribution in [3.63, 3.8) is 0 Å². The molecule has 0 aliphatic carbocycles. The fourth-order valence-corrected chi connectivity index (χ4v) is 4.96. The van der Waals surface area contributed by atoms with Crippen molar-refractivity contribution in [2.75, 3.05) is 19.5 Å². The van der Waals surface area contributed by atoms with Gasteiger partial charge < -0.3 is 10.1 Å². The minimum absolute atomic E-state index is 0.117. The number of carbonyl (C=O) groups excluding carboxylic acids is 1. The fourth-order valence-electron chi connectivity index (χ4n) is 4.05. The molecule has 33 heavy (non-hydrogen) atoms. The lowest BCUT2D eigenvalue weighted by molar-refractivity contribution is -0.119. The number of ether oxygens (including phenoxy) is 1. The average molecular weight is 462 g/mol. The Labute approximate surface area is 197 Å². The maximum Gasteiger partial charge on any atom is 0.262 e. The summed E-state index contributed by atoms with van der Waals surface area (Å²) in [6.45, 7) is 4.26. The Balaban J connectivity index is 1.54. The van der Waals surface area contributed by atoms with E-state index in [1.54, 1.807) is 17.7 Å². The predicted molar refractivity (Wildman–Crippen MR) is 134 cm³/mol. The molecule has 0 saturated heterocycles. The van der Waals surface area contributed by atoms with Gasteiger partial charge in [-0.25, -0.2) is 4.98 Å². The highest BCUT2D eigenvalue weighted by Gasteiger charge is 2.18. The number of amides is 1. The van der Waals surface area contributed by atoms with Crippen molar-refractivity contribution in [2.45, 2.75) is 31.1 Å². The van der Waals surface area contributed by atoms with Crippen LogP contribution in [0.3, 0.4) is 0 Å². The van der Waals surface area contributed by atoms with Crippen LogP contribution in [0.15, 0.2) is 76.7 Å². The summed E-state index contributed by atoms with van der Waals surface area (Å²) >= 11 is 1.26. The topological polar surface area (TPSA) is 73.2 Å². The molecule has 0 saturated carbocycles. The van der Waals surface area contributed by atoms with Gasteiger partial charge in [0.2, 0.25) is 5.91 Å². The molecule has 1 N–H and O–H groups in total. The van der Waals surface area contributed by atoms with Gasteiger partial charge in [-0.15, -0.1) is 0 Å². The van der Waals surface area contributed by atoms with Crippen molar-refractivity contribution < 1.29 is 9.53 Å². The number of methoxy groups -OCH3 is 1. The highest BCUT2D eigenvalue weighted by molar-refractivity contribution is 7.99. The van der Waals surface area contributed by atoms with Gasteiger partial charge in [0.1, 0.15) is 0 Å². The molecule has 1 aromatic heterocycles. The van der Waals surface area contributed by atoms with Crippen LogP contribution >= 0.6 is 11.8 Å². The number of nitrogens with zero attached hydrogens (tertiary/aromatic N) is 2. The van der Waals surface area contributed by atoms with Gasteiger partial charge in [0, 0.05) is 7.11 Å². The zero-order valence-electron chi connectivity index (χ0n) is 18.9. The molecule has 0 spiro atoms. The first-order valence-corrected chi connectivity index (χ1v) is 11.9. The van der Waals surface area contributed by atoms with Crippen molar-refractivity contribution in [1.29, 1.82) is 0 Å². The van der Waals surface area contributed by atoms with Gasteiger partial charge in [0.25, 0.3) is 5.56 Å². The van der Waals surface area contributed by atoms with E-state index in [1.807, 2.05) is 56.3 Å². The van der Waals surface area contributed by atoms with Gasteiger partial charge in [-0.2, -0.15) is 0 Å². The van der Waals surface area contributed by atoms with Gasteiger partial charge in [0.15, 0.2) is 5.16 Å². The maximum absolute atomic E-state index is 13.2. The molecule has 3 aromatic carbocycles. The Morgan fingerprint density at radius 1 is 1.03 bits per heavy atom. The number of nitrogens with one attached hydrogen (secondary N) is 1. The quantitative estimate of drug-likeness (QED) is 0.303. The Kier molecular flexibility index (Phi) is 7.11. The Morgan fingerprint density at radius 3 is 2.52 bits per heavy atom. The molecular weight excluding hydrogens is 434 g/mol. The van der Waals surface area contributed by atoms with Gasteiger partial charge in [-0.05, 0) is 42.3 Å². The van der Waals surface area contributed by atoms with Crippen LogP contribution in [0.1, 0.15) is 31.5 Å². The van der Waals surface area contributed by atoms with E-state index in [2.05, 4.69) is 28.5 Å². The number of carbonyl (C=O) groups is 1. The number of hydrogen-bond acceptors (Lipinski definition) is 5. The molecule has 4 rings (SSSR count). The Bertz CT molecular complexity index is 1350. The minimum atomic E-state index is -0.209. The number of para-hydroxylation sites is 1. The molecule has 7 heteroatoms. The van der Waals surface area contributed by atoms with Crippen LogP contribution in [0.25, 0.3) is 21.7 Å². The van der Waals surface area contributed by atoms with Crippen molar-refractivity contribution in [2.24, 2.45) is 0 Å². The highest BCUT2D eigenvalue weighted by atomic mass is 32.2. The predicted octanol–water partition coefficient (Wildman–Crippen LogP) is 4.73. The second kappa shape index (κ2) is 10.2. The van der Waals surface area contributed by atoms with Crippen molar-refractivity contribution in [1.82, 2.24) is 14.9 Å². The van der Waals surface area contributed by atoms with E-state index in [-0.39, 0.29) is 29.3 Å². The van der Waals surface area contributed by atoms with E-state index in [9.17, 15) is 9.59 Å². The number of fused-ring (bicyclic) bond motifs is 2. The van der Waals surface area contributed by atoms with Gasteiger partial charge in [-0.1, -0.05) is 66.4 Å². The lowest BCUT2D eigenvalue weighted by Crippen LogP contribution is -2.30. The average Bonchev–Trinajstić information content (AvgIpc) is 2.82. The molecule has 0 radical (unpaired) electrons. The van der Waals surface area contributed by atoms with Crippen LogP contribution in [0.5, 0.6) is 0 Å². The summed E-state index contributed by atoms with van der Waals surface area (Å²) in [5.41, 5.74) is 1.56. The third-order valence-electron chi connectivity index (χ3n) is 5.62. The monoisotopic (exact) mass is 461 g/mol. The first kappa shape index (κ1) is 23.0. The van der Waals surface area contributed by atoms with Gasteiger partial charge in [-0.3, -0.25) is 14.2 Å². The molecule has 170 valence electrons. The number of rotatable bonds is 8. The van der Waals surface area contributed by atoms with Gasteiger partial charge >= 0.3 is 0 Å². The Hall–Kier alpha value is -3.16. The van der Waals surface area contributed by atoms with Crippen LogP contribution in [0.2, 0.25) is 0 Å². The van der Waals surface area contributed by atoms with Crippen LogP contribution in [-0.4, -0.2) is 34.9 Å². The number of aromatic nitrogens is 2. The summed E-state index contributed by atoms with van der Waals surface area (Å²) in [4.78, 5) is 30.7. The van der Waals surface area contributed by atoms with Crippen molar-refractivity contribution in [3.8, 4) is 0 Å². The summed E-state index contributed by atoms with van der Waals surface area (Å²) in [6.07, 6.45) is 0. The number of thioether (sulfide) groups is 1. The smallest absolute Gasteiger partial charge is 0.262 e. The second-order valence-electron chi connectivity index (χ2n) is 8.04. The zero-order valence-corrected chi connectivity index (χ0v) is 19.8. The minimum Gasteiger partial charge on any atom is -0.383 e. The number of hydrogen-bond donors (Lipinski definition) is 1. The lowest BCUT2D eigenvalue weighted by atomic mass is 10.00. The van der Waals surface area contributed by atoms with E-state index < -0.39 is 0 Å². The molecule has 2 unspecified atom stereocenters. The molecule has 1 amide bonds. The van der Waals surface area contributed by atoms with Gasteiger partial charge in [0.05, 0.1) is 35.3 Å². The van der Waals surface area contributed by atoms with E-state index in [0.717, 1.165) is 16.3 Å². The first-order chi connectivity index (χ1) is 16.0. The molecule has 1 heterocycles. The van der Waals surface area contributed by atoms with Crippen molar-refractivity contribution >= 4 is 39.3 Å². The van der Waals surface area contributed by atoms with E-state index >= 15 is 0 Å². The first-order valence-electron chi connectivity index (χ1n) is 10.9. The molecule has 0 fully saturated rings. The van der Waals surface area contributed by atoms with Crippen LogP contribution in [0.4, 0.5) is 0 Å². The maximum atomic E-state index is 13.2. The van der Waals surface area contributed by atoms with Crippen LogP contribution in [-0.2, 0) is 9.53 Å². The molecule has 0 aliphatic rings. The van der Waals surface area contributed by atoms with Crippen LogP contribution in [0, 0.1) is 0 Å². The zero-order chi connectivity index (χ0) is 23.4. The largest absolute Gasteiger partial charge is 0.383 e. The van der Waals surface area contributed by atoms with E-state index in [4.69, 9.17) is 4.74 Å². The molecule has 4 aromatic rings. The third-order valence-corrected chi connectivity index (χ3v) is 6.58. The normalized spacial score (nSPS) is 13.2. The number of benzene rings is 3. The molecular formula is C26H27N3O3S. The fraction of sp³-hybridized carbons (Fsp3) is 0.269. The summed E-state index contributed by atoms with van der Waals surface area (Å²) in [5, 5.41) is 6.41. The summed E-state index contributed by atoms with van der Waals surface area (Å²) < 4.78 is 6.89. The van der Waals surface area contributed by atoms with Crippen LogP contribution < -0.4 is 10.9 Å². The van der Waals surface area contributed by atoms with E-state index in [1.165, 1.54) is 11.8 Å². The lowest BCUT2D eigenvalue weighted by Gasteiger charge is -2.19. The summed E-state index contributed by atoms with van der Waals surface area (Å²) in [5.74, 6) is 0.0355. The molecule has 6 nitrogen and oxygen atoms in total. The molecule has 0 bridgehead atoms. The van der Waals surface area contributed by atoms with E-state index in [0.29, 0.717) is 22.7 Å². The third kappa shape index (κ3) is 4.94. The Morgan fingerprint density at radius 2 is 1.73 bits per heavy atom. The second-order valence-corrected chi connectivity index (χ2v) is 8.98.